The van der Waals surface area contributed by atoms with Gasteiger partial charge in [-0.1, -0.05) is 63.1 Å². The van der Waals surface area contributed by atoms with Gasteiger partial charge in [0.2, 0.25) is 5.91 Å². The lowest BCUT2D eigenvalue weighted by Gasteiger charge is -2.48. The number of carbonyl (C=O) groups excluding carboxylic acids is 2. The highest BCUT2D eigenvalue weighted by molar-refractivity contribution is 6.02. The van der Waals surface area contributed by atoms with E-state index in [0.717, 1.165) is 49.7 Å². The Balaban J connectivity index is 1.66. The van der Waals surface area contributed by atoms with E-state index in [1.165, 1.54) is 32.1 Å². The van der Waals surface area contributed by atoms with Crippen molar-refractivity contribution in [1.29, 1.82) is 0 Å². The molecule has 3 aliphatic rings. The summed E-state index contributed by atoms with van der Waals surface area (Å²) in [6.45, 7) is 2.00. The highest BCUT2D eigenvalue weighted by atomic mass is 16.2. The predicted molar refractivity (Wildman–Crippen MR) is 111 cm³/mol. The number of nitrogens with zero attached hydrogens (tertiary/aromatic N) is 1. The van der Waals surface area contributed by atoms with Crippen LogP contribution in [0.4, 0.5) is 0 Å². The normalized spacial score (nSPS) is 27.2. The highest BCUT2D eigenvalue weighted by Gasteiger charge is 2.49. The molecule has 4 rings (SSSR count). The fourth-order valence-electron chi connectivity index (χ4n) is 5.56. The Kier molecular flexibility index (Phi) is 5.75. The summed E-state index contributed by atoms with van der Waals surface area (Å²) in [5.41, 5.74) is 1.01. The van der Waals surface area contributed by atoms with E-state index in [2.05, 4.69) is 5.32 Å². The molecule has 2 fully saturated rings. The quantitative estimate of drug-likeness (QED) is 0.776. The molecule has 28 heavy (non-hydrogen) atoms. The van der Waals surface area contributed by atoms with Gasteiger partial charge in [-0.15, -0.1) is 0 Å². The topological polar surface area (TPSA) is 49.4 Å². The SMILES string of the molecule is C[C@]1(C(=O)NC2CCCCC2)Cc2ccccc2C(=O)N1C1CCCCCC1. The second kappa shape index (κ2) is 8.26. The minimum Gasteiger partial charge on any atom is -0.351 e. The third kappa shape index (κ3) is 3.70. The van der Waals surface area contributed by atoms with Gasteiger partial charge in [0.15, 0.2) is 0 Å². The molecule has 2 aliphatic carbocycles. The van der Waals surface area contributed by atoms with Crippen molar-refractivity contribution in [3.63, 3.8) is 0 Å². The molecule has 2 amide bonds. The third-order valence-corrected chi connectivity index (χ3v) is 7.15. The Morgan fingerprint density at radius 1 is 0.964 bits per heavy atom. The molecule has 4 heteroatoms. The van der Waals surface area contributed by atoms with Crippen LogP contribution >= 0.6 is 0 Å². The number of hydrogen-bond acceptors (Lipinski definition) is 2. The van der Waals surface area contributed by atoms with Gasteiger partial charge in [-0.25, -0.2) is 0 Å². The fraction of sp³-hybridized carbons (Fsp3) is 0.667. The van der Waals surface area contributed by atoms with Crippen molar-refractivity contribution in [2.75, 3.05) is 0 Å². The molecule has 0 unspecified atom stereocenters. The maximum absolute atomic E-state index is 13.6. The molecule has 1 heterocycles. The van der Waals surface area contributed by atoms with Gasteiger partial charge >= 0.3 is 0 Å². The fourth-order valence-corrected chi connectivity index (χ4v) is 5.56. The van der Waals surface area contributed by atoms with Crippen LogP contribution in [0, 0.1) is 0 Å². The zero-order chi connectivity index (χ0) is 19.6. The molecule has 0 spiro atoms. The van der Waals surface area contributed by atoms with Gasteiger partial charge in [-0.3, -0.25) is 9.59 Å². The second-order valence-corrected chi connectivity index (χ2v) is 9.24. The molecular weight excluding hydrogens is 348 g/mol. The van der Waals surface area contributed by atoms with Gasteiger partial charge < -0.3 is 10.2 Å². The number of rotatable bonds is 3. The first-order valence-corrected chi connectivity index (χ1v) is 11.3. The number of amides is 2. The number of carbonyl (C=O) groups is 2. The summed E-state index contributed by atoms with van der Waals surface area (Å²) in [6, 6.07) is 8.30. The van der Waals surface area contributed by atoms with Crippen LogP contribution < -0.4 is 5.32 Å². The van der Waals surface area contributed by atoms with E-state index in [4.69, 9.17) is 0 Å². The average Bonchev–Trinajstić information content (AvgIpc) is 2.98. The largest absolute Gasteiger partial charge is 0.351 e. The van der Waals surface area contributed by atoms with E-state index >= 15 is 0 Å². The van der Waals surface area contributed by atoms with E-state index in [-0.39, 0.29) is 23.9 Å². The minimum atomic E-state index is -0.794. The molecule has 2 saturated carbocycles. The van der Waals surface area contributed by atoms with Crippen molar-refractivity contribution in [3.8, 4) is 0 Å². The number of fused-ring (bicyclic) bond motifs is 1. The zero-order valence-electron chi connectivity index (χ0n) is 17.2. The van der Waals surface area contributed by atoms with Gasteiger partial charge in [0, 0.05) is 24.1 Å². The molecular formula is C24H34N2O2. The lowest BCUT2D eigenvalue weighted by atomic mass is 9.80. The molecule has 0 saturated heterocycles. The van der Waals surface area contributed by atoms with Crippen LogP contribution in [0.2, 0.25) is 0 Å². The van der Waals surface area contributed by atoms with Crippen LogP contribution in [0.1, 0.15) is 93.5 Å². The van der Waals surface area contributed by atoms with Gasteiger partial charge in [0.25, 0.3) is 5.91 Å². The first-order valence-electron chi connectivity index (χ1n) is 11.3. The molecule has 0 aromatic heterocycles. The van der Waals surface area contributed by atoms with Crippen molar-refractivity contribution in [2.24, 2.45) is 0 Å². The van der Waals surface area contributed by atoms with Gasteiger partial charge in [0.1, 0.15) is 5.54 Å². The van der Waals surface area contributed by atoms with Crippen molar-refractivity contribution in [1.82, 2.24) is 10.2 Å². The van der Waals surface area contributed by atoms with Gasteiger partial charge in [-0.05, 0) is 44.2 Å². The van der Waals surface area contributed by atoms with Crippen molar-refractivity contribution in [2.45, 2.75) is 102 Å². The van der Waals surface area contributed by atoms with Crippen LogP contribution in [0.25, 0.3) is 0 Å². The average molecular weight is 383 g/mol. The number of benzene rings is 1. The standard InChI is InChI=1S/C24H34N2O2/c1-24(23(28)25-19-12-5-4-6-13-19)17-18-11-9-10-16-21(18)22(27)26(24)20-14-7-2-3-8-15-20/h9-11,16,19-20H,2-8,12-15,17H2,1H3,(H,25,28)/t24-/m1/s1. The summed E-state index contributed by atoms with van der Waals surface area (Å²) in [7, 11) is 0. The Bertz CT molecular complexity index is 717. The lowest BCUT2D eigenvalue weighted by Crippen LogP contribution is -2.66. The monoisotopic (exact) mass is 382 g/mol. The highest BCUT2D eigenvalue weighted by Crippen LogP contribution is 2.37. The summed E-state index contributed by atoms with van der Waals surface area (Å²) in [6.07, 6.45) is 13.2. The number of nitrogens with one attached hydrogen (secondary N) is 1. The third-order valence-electron chi connectivity index (χ3n) is 7.15. The Labute approximate surface area is 169 Å². The predicted octanol–water partition coefficient (Wildman–Crippen LogP) is 4.62. The minimum absolute atomic E-state index is 0.0477. The Morgan fingerprint density at radius 3 is 2.29 bits per heavy atom. The maximum Gasteiger partial charge on any atom is 0.255 e. The molecule has 4 nitrogen and oxygen atoms in total. The first-order chi connectivity index (χ1) is 13.6. The Hall–Kier alpha value is -1.84. The first kappa shape index (κ1) is 19.5. The summed E-state index contributed by atoms with van der Waals surface area (Å²) in [4.78, 5) is 29.1. The zero-order valence-corrected chi connectivity index (χ0v) is 17.2. The smallest absolute Gasteiger partial charge is 0.255 e. The summed E-state index contributed by atoms with van der Waals surface area (Å²) < 4.78 is 0. The van der Waals surface area contributed by atoms with Crippen LogP contribution in [-0.4, -0.2) is 34.3 Å². The van der Waals surface area contributed by atoms with Crippen LogP contribution in [-0.2, 0) is 11.2 Å². The van der Waals surface area contributed by atoms with E-state index in [0.29, 0.717) is 6.42 Å². The van der Waals surface area contributed by atoms with Crippen LogP contribution in [0.5, 0.6) is 0 Å². The maximum atomic E-state index is 13.6. The molecule has 1 N–H and O–H groups in total. The summed E-state index contributed by atoms with van der Waals surface area (Å²) in [5.74, 6) is 0.0987. The van der Waals surface area contributed by atoms with E-state index in [9.17, 15) is 9.59 Å². The molecule has 1 aromatic rings. The lowest BCUT2D eigenvalue weighted by molar-refractivity contribution is -0.134. The van der Waals surface area contributed by atoms with E-state index in [1.807, 2.05) is 36.1 Å². The summed E-state index contributed by atoms with van der Waals surface area (Å²) >= 11 is 0. The van der Waals surface area contributed by atoms with Gasteiger partial charge in [0.05, 0.1) is 0 Å². The van der Waals surface area contributed by atoms with E-state index in [1.54, 1.807) is 0 Å². The molecule has 152 valence electrons. The van der Waals surface area contributed by atoms with Gasteiger partial charge in [-0.2, -0.15) is 0 Å². The van der Waals surface area contributed by atoms with Crippen molar-refractivity contribution in [3.05, 3.63) is 35.4 Å². The molecule has 1 aromatic carbocycles. The van der Waals surface area contributed by atoms with Crippen LogP contribution in [0.3, 0.4) is 0 Å². The molecule has 1 atom stereocenters. The summed E-state index contributed by atoms with van der Waals surface area (Å²) in [5, 5.41) is 3.33. The van der Waals surface area contributed by atoms with Crippen molar-refractivity contribution < 1.29 is 9.59 Å². The number of hydrogen-bond donors (Lipinski definition) is 1. The van der Waals surface area contributed by atoms with Crippen LogP contribution in [0.15, 0.2) is 24.3 Å². The van der Waals surface area contributed by atoms with E-state index < -0.39 is 5.54 Å². The second-order valence-electron chi connectivity index (χ2n) is 9.24. The van der Waals surface area contributed by atoms with Crippen molar-refractivity contribution >= 4 is 11.8 Å². The molecule has 1 aliphatic heterocycles. The molecule has 0 radical (unpaired) electrons. The molecule has 0 bridgehead atoms. The Morgan fingerprint density at radius 2 is 1.57 bits per heavy atom.